The summed E-state index contributed by atoms with van der Waals surface area (Å²) < 4.78 is 17.0. The van der Waals surface area contributed by atoms with Crippen molar-refractivity contribution in [3.63, 3.8) is 0 Å². The molecule has 0 fully saturated rings. The number of nitrogens with one attached hydrogen (secondary N) is 1. The molecule has 5 aromatic carbocycles. The number of carbonyl (C=O) groups excluding carboxylic acids is 1. The Hall–Kier alpha value is -4.55. The lowest BCUT2D eigenvalue weighted by Crippen LogP contribution is -2.18. The topological polar surface area (TPSA) is 69.2 Å². The SMILES string of the molecule is COc1cc2ccccc2cc1C(=O)N/N=C\c1cc(Cl)c(OCc2ccc3ccccc3c2)c(OC)c1. The molecule has 0 spiro atoms. The molecule has 5 rings (SSSR count). The van der Waals surface area contributed by atoms with Crippen LogP contribution in [-0.4, -0.2) is 26.3 Å². The van der Waals surface area contributed by atoms with Gasteiger partial charge in [0.25, 0.3) is 5.91 Å². The average Bonchev–Trinajstić information content (AvgIpc) is 2.95. The number of ether oxygens (including phenoxy) is 3. The number of nitrogens with zero attached hydrogens (tertiary/aromatic N) is 1. The summed E-state index contributed by atoms with van der Waals surface area (Å²) in [5, 5.41) is 8.69. The summed E-state index contributed by atoms with van der Waals surface area (Å²) in [7, 11) is 3.07. The number of hydrogen-bond acceptors (Lipinski definition) is 5. The smallest absolute Gasteiger partial charge is 0.275 e. The first kappa shape index (κ1) is 25.1. The quantitative estimate of drug-likeness (QED) is 0.175. The zero-order chi connectivity index (χ0) is 26.5. The molecule has 0 saturated heterocycles. The van der Waals surface area contributed by atoms with E-state index < -0.39 is 5.91 Å². The number of benzene rings is 5. The van der Waals surface area contributed by atoms with Crippen LogP contribution in [-0.2, 0) is 6.61 Å². The van der Waals surface area contributed by atoms with E-state index in [4.69, 9.17) is 25.8 Å². The van der Waals surface area contributed by atoms with Gasteiger partial charge in [0, 0.05) is 0 Å². The Morgan fingerprint density at radius 2 is 1.47 bits per heavy atom. The number of hydrogen-bond donors (Lipinski definition) is 1. The van der Waals surface area contributed by atoms with Gasteiger partial charge in [-0.3, -0.25) is 4.79 Å². The third-order valence-corrected chi connectivity index (χ3v) is 6.42. The Bertz CT molecular complexity index is 1670. The van der Waals surface area contributed by atoms with Gasteiger partial charge in [0.2, 0.25) is 0 Å². The standard InChI is InChI=1S/C31H25ClN2O4/c1-36-28-17-25-10-6-5-9-24(25)16-26(28)31(35)34-33-18-21-14-27(32)30(29(15-21)37-2)38-19-20-11-12-22-7-3-4-8-23(22)13-20/h3-18H,19H2,1-2H3,(H,34,35)/b33-18-. The molecule has 0 radical (unpaired) electrons. The number of methoxy groups -OCH3 is 2. The van der Waals surface area contributed by atoms with Crippen molar-refractivity contribution in [3.05, 3.63) is 113 Å². The maximum atomic E-state index is 12.8. The highest BCUT2D eigenvalue weighted by molar-refractivity contribution is 6.32. The van der Waals surface area contributed by atoms with Gasteiger partial charge in [0.1, 0.15) is 12.4 Å². The second kappa shape index (κ2) is 11.2. The number of rotatable bonds is 8. The van der Waals surface area contributed by atoms with Crippen LogP contribution in [0.15, 0.2) is 96.1 Å². The minimum atomic E-state index is -0.391. The molecule has 7 heteroatoms. The van der Waals surface area contributed by atoms with E-state index in [1.54, 1.807) is 25.3 Å². The minimum absolute atomic E-state index is 0.331. The summed E-state index contributed by atoms with van der Waals surface area (Å²) in [4.78, 5) is 12.8. The molecule has 190 valence electrons. The molecule has 1 N–H and O–H groups in total. The van der Waals surface area contributed by atoms with Gasteiger partial charge in [-0.1, -0.05) is 72.3 Å². The lowest BCUT2D eigenvalue weighted by Gasteiger charge is -2.14. The first-order chi connectivity index (χ1) is 18.6. The molecule has 0 aliphatic carbocycles. The molecule has 1 amide bonds. The molecular formula is C31H25ClN2O4. The van der Waals surface area contributed by atoms with Crippen molar-refractivity contribution < 1.29 is 19.0 Å². The highest BCUT2D eigenvalue weighted by Gasteiger charge is 2.14. The summed E-state index contributed by atoms with van der Waals surface area (Å²) in [5.74, 6) is 0.970. The van der Waals surface area contributed by atoms with Gasteiger partial charge in [-0.15, -0.1) is 0 Å². The molecule has 5 aromatic rings. The highest BCUT2D eigenvalue weighted by Crippen LogP contribution is 2.37. The van der Waals surface area contributed by atoms with Gasteiger partial charge >= 0.3 is 0 Å². The predicted octanol–water partition coefficient (Wildman–Crippen LogP) is 7.01. The first-order valence-electron chi connectivity index (χ1n) is 11.9. The number of halogens is 1. The van der Waals surface area contributed by atoms with Crippen LogP contribution in [0.25, 0.3) is 21.5 Å². The van der Waals surface area contributed by atoms with Crippen LogP contribution in [0.2, 0.25) is 5.02 Å². The summed E-state index contributed by atoms with van der Waals surface area (Å²) in [5.41, 5.74) is 4.59. The number of amides is 1. The van der Waals surface area contributed by atoms with Crippen molar-refractivity contribution in [1.82, 2.24) is 5.43 Å². The predicted molar refractivity (Wildman–Crippen MR) is 152 cm³/mol. The van der Waals surface area contributed by atoms with E-state index in [2.05, 4.69) is 34.8 Å². The Kier molecular flexibility index (Phi) is 7.43. The second-order valence-electron chi connectivity index (χ2n) is 8.60. The molecule has 0 aliphatic rings. The fourth-order valence-electron chi connectivity index (χ4n) is 4.23. The van der Waals surface area contributed by atoms with Crippen molar-refractivity contribution in [2.24, 2.45) is 5.10 Å². The van der Waals surface area contributed by atoms with E-state index >= 15 is 0 Å². The fourth-order valence-corrected chi connectivity index (χ4v) is 4.50. The van der Waals surface area contributed by atoms with Crippen molar-refractivity contribution in [1.29, 1.82) is 0 Å². The van der Waals surface area contributed by atoms with Gasteiger partial charge in [-0.05, 0) is 63.0 Å². The molecule has 6 nitrogen and oxygen atoms in total. The summed E-state index contributed by atoms with van der Waals surface area (Å²) in [6.45, 7) is 0.331. The lowest BCUT2D eigenvalue weighted by atomic mass is 10.1. The maximum Gasteiger partial charge on any atom is 0.275 e. The lowest BCUT2D eigenvalue weighted by molar-refractivity contribution is 0.0952. The molecule has 38 heavy (non-hydrogen) atoms. The Balaban J connectivity index is 1.30. The van der Waals surface area contributed by atoms with Gasteiger partial charge in [-0.2, -0.15) is 5.10 Å². The molecular weight excluding hydrogens is 500 g/mol. The van der Waals surface area contributed by atoms with Crippen molar-refractivity contribution >= 4 is 45.3 Å². The molecule has 0 heterocycles. The maximum absolute atomic E-state index is 12.8. The van der Waals surface area contributed by atoms with Gasteiger partial charge < -0.3 is 14.2 Å². The Labute approximate surface area is 225 Å². The van der Waals surface area contributed by atoms with Gasteiger partial charge in [0.05, 0.1) is 31.0 Å². The van der Waals surface area contributed by atoms with Crippen LogP contribution in [0, 0.1) is 0 Å². The number of fused-ring (bicyclic) bond motifs is 2. The fraction of sp³-hybridized carbons (Fsp3) is 0.0968. The van der Waals surface area contributed by atoms with Crippen LogP contribution < -0.4 is 19.6 Å². The summed E-state index contributed by atoms with van der Waals surface area (Å²) >= 11 is 6.54. The van der Waals surface area contributed by atoms with Crippen molar-refractivity contribution in [3.8, 4) is 17.2 Å². The van der Waals surface area contributed by atoms with Gasteiger partial charge in [0.15, 0.2) is 11.5 Å². The second-order valence-corrected chi connectivity index (χ2v) is 9.01. The molecule has 0 aliphatic heterocycles. The Morgan fingerprint density at radius 3 is 2.18 bits per heavy atom. The van der Waals surface area contributed by atoms with Crippen LogP contribution in [0.1, 0.15) is 21.5 Å². The van der Waals surface area contributed by atoms with E-state index in [1.165, 1.54) is 18.7 Å². The highest BCUT2D eigenvalue weighted by atomic mass is 35.5. The van der Waals surface area contributed by atoms with E-state index in [9.17, 15) is 4.79 Å². The normalized spacial score (nSPS) is 11.1. The van der Waals surface area contributed by atoms with Crippen LogP contribution in [0.5, 0.6) is 17.2 Å². The number of carbonyl (C=O) groups is 1. The molecule has 0 bridgehead atoms. The van der Waals surface area contributed by atoms with E-state index in [-0.39, 0.29) is 0 Å². The minimum Gasteiger partial charge on any atom is -0.496 e. The van der Waals surface area contributed by atoms with E-state index in [1.807, 2.05) is 48.5 Å². The monoisotopic (exact) mass is 524 g/mol. The van der Waals surface area contributed by atoms with E-state index in [0.717, 1.165) is 21.7 Å². The largest absolute Gasteiger partial charge is 0.496 e. The third kappa shape index (κ3) is 5.41. The zero-order valence-electron chi connectivity index (χ0n) is 20.9. The molecule has 0 aromatic heterocycles. The molecule has 0 saturated carbocycles. The number of hydrazone groups is 1. The molecule has 0 atom stereocenters. The zero-order valence-corrected chi connectivity index (χ0v) is 21.7. The third-order valence-electron chi connectivity index (χ3n) is 6.14. The van der Waals surface area contributed by atoms with E-state index in [0.29, 0.717) is 40.0 Å². The molecule has 0 unspecified atom stereocenters. The Morgan fingerprint density at radius 1 is 0.816 bits per heavy atom. The summed E-state index contributed by atoms with van der Waals surface area (Å²) in [6.07, 6.45) is 1.49. The van der Waals surface area contributed by atoms with Gasteiger partial charge in [-0.25, -0.2) is 5.43 Å². The summed E-state index contributed by atoms with van der Waals surface area (Å²) in [6, 6.07) is 29.1. The van der Waals surface area contributed by atoms with Crippen LogP contribution in [0.3, 0.4) is 0 Å². The van der Waals surface area contributed by atoms with Crippen molar-refractivity contribution in [2.45, 2.75) is 6.61 Å². The van der Waals surface area contributed by atoms with Crippen molar-refractivity contribution in [2.75, 3.05) is 14.2 Å². The average molecular weight is 525 g/mol. The first-order valence-corrected chi connectivity index (χ1v) is 12.3. The van der Waals surface area contributed by atoms with Crippen LogP contribution >= 0.6 is 11.6 Å². The van der Waals surface area contributed by atoms with Crippen LogP contribution in [0.4, 0.5) is 0 Å².